The maximum Gasteiger partial charge on any atom is 0.410 e. The third-order valence-electron chi connectivity index (χ3n) is 4.99. The predicted molar refractivity (Wildman–Crippen MR) is 109 cm³/mol. The standard InChI is InChI=1S/C21H24N2O3S/c1-22(2)20(24)19(13-27)23(3)21(25)26-12-18-16-10-6-4-8-14(16)15-9-5-7-11-17(15)18/h4-11,18-19,27H,12-13H2,1-3H3. The van der Waals surface area contributed by atoms with Gasteiger partial charge in [-0.05, 0) is 22.3 Å². The van der Waals surface area contributed by atoms with Gasteiger partial charge in [-0.15, -0.1) is 0 Å². The maximum atomic E-state index is 12.6. The van der Waals surface area contributed by atoms with Gasteiger partial charge in [-0.3, -0.25) is 9.69 Å². The van der Waals surface area contributed by atoms with E-state index >= 15 is 0 Å². The average Bonchev–Trinajstić information content (AvgIpc) is 3.00. The molecule has 2 amide bonds. The first-order valence-electron chi connectivity index (χ1n) is 8.85. The van der Waals surface area contributed by atoms with Gasteiger partial charge in [0.05, 0.1) is 0 Å². The molecule has 6 heteroatoms. The van der Waals surface area contributed by atoms with Crippen LogP contribution in [0.25, 0.3) is 11.1 Å². The summed E-state index contributed by atoms with van der Waals surface area (Å²) in [6.45, 7) is 0.229. The third-order valence-corrected chi connectivity index (χ3v) is 5.34. The average molecular weight is 385 g/mol. The molecule has 27 heavy (non-hydrogen) atoms. The minimum Gasteiger partial charge on any atom is -0.448 e. The third kappa shape index (κ3) is 3.67. The molecule has 0 aliphatic heterocycles. The Hall–Kier alpha value is -2.47. The van der Waals surface area contributed by atoms with Crippen LogP contribution in [0.15, 0.2) is 48.5 Å². The summed E-state index contributed by atoms with van der Waals surface area (Å²) < 4.78 is 5.60. The van der Waals surface area contributed by atoms with E-state index in [4.69, 9.17) is 4.74 Å². The Morgan fingerprint density at radius 2 is 1.52 bits per heavy atom. The van der Waals surface area contributed by atoms with Crippen LogP contribution in [0.5, 0.6) is 0 Å². The summed E-state index contributed by atoms with van der Waals surface area (Å²) >= 11 is 4.22. The molecule has 0 bridgehead atoms. The molecular weight excluding hydrogens is 360 g/mol. The minimum absolute atomic E-state index is 0.00579. The number of ether oxygens (including phenoxy) is 1. The van der Waals surface area contributed by atoms with Crippen molar-refractivity contribution in [2.45, 2.75) is 12.0 Å². The van der Waals surface area contributed by atoms with Crippen LogP contribution in [0.3, 0.4) is 0 Å². The summed E-state index contributed by atoms with van der Waals surface area (Å²) in [5, 5.41) is 0. The number of rotatable bonds is 5. The van der Waals surface area contributed by atoms with Crippen molar-refractivity contribution in [3.8, 4) is 11.1 Å². The lowest BCUT2D eigenvalue weighted by atomic mass is 9.98. The van der Waals surface area contributed by atoms with Crippen molar-refractivity contribution in [3.63, 3.8) is 0 Å². The monoisotopic (exact) mass is 384 g/mol. The molecule has 0 saturated carbocycles. The van der Waals surface area contributed by atoms with E-state index in [-0.39, 0.29) is 24.2 Å². The Labute approximate surface area is 165 Å². The molecule has 2 aromatic rings. The minimum atomic E-state index is -0.654. The number of thiol groups is 1. The molecule has 5 nitrogen and oxygen atoms in total. The first kappa shape index (κ1) is 19.3. The molecule has 0 radical (unpaired) electrons. The quantitative estimate of drug-likeness (QED) is 0.805. The summed E-state index contributed by atoms with van der Waals surface area (Å²) in [7, 11) is 4.88. The molecule has 0 spiro atoms. The van der Waals surface area contributed by atoms with Crippen molar-refractivity contribution in [1.29, 1.82) is 0 Å². The van der Waals surface area contributed by atoms with Gasteiger partial charge in [-0.25, -0.2) is 4.79 Å². The Balaban J connectivity index is 1.75. The zero-order valence-corrected chi connectivity index (χ0v) is 16.6. The molecule has 3 rings (SSSR count). The van der Waals surface area contributed by atoms with Gasteiger partial charge in [0.15, 0.2) is 0 Å². The maximum absolute atomic E-state index is 12.6. The van der Waals surface area contributed by atoms with Crippen LogP contribution < -0.4 is 0 Å². The molecule has 0 heterocycles. The number of benzene rings is 2. The molecule has 0 aromatic heterocycles. The van der Waals surface area contributed by atoms with Gasteiger partial charge < -0.3 is 9.64 Å². The van der Waals surface area contributed by atoms with Crippen LogP contribution in [0, 0.1) is 0 Å². The fourth-order valence-corrected chi connectivity index (χ4v) is 3.89. The molecule has 1 aliphatic rings. The van der Waals surface area contributed by atoms with Gasteiger partial charge in [-0.1, -0.05) is 48.5 Å². The van der Waals surface area contributed by atoms with E-state index in [1.165, 1.54) is 20.9 Å². The highest BCUT2D eigenvalue weighted by Gasteiger charge is 2.31. The van der Waals surface area contributed by atoms with E-state index in [1.54, 1.807) is 21.1 Å². The van der Waals surface area contributed by atoms with Gasteiger partial charge in [0.25, 0.3) is 0 Å². The summed E-state index contributed by atoms with van der Waals surface area (Å²) in [5.41, 5.74) is 4.67. The normalized spacial score (nSPS) is 13.5. The van der Waals surface area contributed by atoms with E-state index in [1.807, 2.05) is 24.3 Å². The number of carbonyl (C=O) groups excluding carboxylic acids is 2. The molecule has 0 saturated heterocycles. The van der Waals surface area contributed by atoms with Crippen LogP contribution in [-0.2, 0) is 9.53 Å². The number of fused-ring (bicyclic) bond motifs is 3. The number of amides is 2. The van der Waals surface area contributed by atoms with Gasteiger partial charge in [0.2, 0.25) is 5.91 Å². The van der Waals surface area contributed by atoms with E-state index in [9.17, 15) is 9.59 Å². The van der Waals surface area contributed by atoms with E-state index in [0.29, 0.717) is 0 Å². The Bertz CT molecular complexity index is 807. The second-order valence-electron chi connectivity index (χ2n) is 6.85. The Kier molecular flexibility index (Phi) is 5.75. The van der Waals surface area contributed by atoms with Gasteiger partial charge >= 0.3 is 6.09 Å². The number of hydrogen-bond donors (Lipinski definition) is 1. The molecule has 0 N–H and O–H groups in total. The molecule has 1 atom stereocenters. The van der Waals surface area contributed by atoms with Crippen molar-refractivity contribution in [2.24, 2.45) is 0 Å². The van der Waals surface area contributed by atoms with Crippen LogP contribution in [0.2, 0.25) is 0 Å². The van der Waals surface area contributed by atoms with Crippen LogP contribution in [0.1, 0.15) is 17.0 Å². The van der Waals surface area contributed by atoms with E-state index < -0.39 is 12.1 Å². The van der Waals surface area contributed by atoms with Gasteiger partial charge in [0, 0.05) is 32.8 Å². The SMILES string of the molecule is CN(C)C(=O)C(CS)N(C)C(=O)OCC1c2ccccc2-c2ccccc21. The van der Waals surface area contributed by atoms with Crippen molar-refractivity contribution in [2.75, 3.05) is 33.5 Å². The Morgan fingerprint density at radius 1 is 1.00 bits per heavy atom. The zero-order chi connectivity index (χ0) is 19.6. The van der Waals surface area contributed by atoms with Crippen molar-refractivity contribution < 1.29 is 14.3 Å². The van der Waals surface area contributed by atoms with Crippen LogP contribution in [-0.4, -0.2) is 61.3 Å². The summed E-state index contributed by atoms with van der Waals surface area (Å²) in [6.07, 6.45) is -0.522. The first-order valence-corrected chi connectivity index (χ1v) is 9.48. The zero-order valence-electron chi connectivity index (χ0n) is 15.8. The smallest absolute Gasteiger partial charge is 0.410 e. The number of nitrogens with zero attached hydrogens (tertiary/aromatic N) is 2. The highest BCUT2D eigenvalue weighted by atomic mass is 32.1. The van der Waals surface area contributed by atoms with Gasteiger partial charge in [0.1, 0.15) is 12.6 Å². The second-order valence-corrected chi connectivity index (χ2v) is 7.21. The van der Waals surface area contributed by atoms with Gasteiger partial charge in [-0.2, -0.15) is 12.6 Å². The van der Waals surface area contributed by atoms with E-state index in [2.05, 4.69) is 36.9 Å². The topological polar surface area (TPSA) is 49.9 Å². The molecular formula is C21H24N2O3S. The number of hydrogen-bond acceptors (Lipinski definition) is 4. The fourth-order valence-electron chi connectivity index (χ4n) is 3.49. The van der Waals surface area contributed by atoms with Crippen molar-refractivity contribution >= 4 is 24.6 Å². The number of likely N-dealkylation sites (N-methyl/N-ethyl adjacent to an activating group) is 2. The van der Waals surface area contributed by atoms with Crippen LogP contribution in [0.4, 0.5) is 4.79 Å². The van der Waals surface area contributed by atoms with Crippen molar-refractivity contribution in [1.82, 2.24) is 9.80 Å². The molecule has 142 valence electrons. The predicted octanol–water partition coefficient (Wildman–Crippen LogP) is 3.25. The Morgan fingerprint density at radius 3 is 2.00 bits per heavy atom. The van der Waals surface area contributed by atoms with Crippen molar-refractivity contribution in [3.05, 3.63) is 59.7 Å². The summed E-state index contributed by atoms with van der Waals surface area (Å²) in [6, 6.07) is 15.7. The first-order chi connectivity index (χ1) is 13.0. The summed E-state index contributed by atoms with van der Waals surface area (Å²) in [5.74, 6) is 0.0484. The molecule has 1 aliphatic carbocycles. The van der Waals surface area contributed by atoms with E-state index in [0.717, 1.165) is 11.1 Å². The van der Waals surface area contributed by atoms with Crippen LogP contribution >= 0.6 is 12.6 Å². The number of carbonyl (C=O) groups is 2. The lowest BCUT2D eigenvalue weighted by Gasteiger charge is -2.28. The molecule has 0 fully saturated rings. The highest BCUT2D eigenvalue weighted by molar-refractivity contribution is 7.80. The lowest BCUT2D eigenvalue weighted by molar-refractivity contribution is -0.132. The second kappa shape index (κ2) is 8.05. The molecule has 2 aromatic carbocycles. The largest absolute Gasteiger partial charge is 0.448 e. The lowest BCUT2D eigenvalue weighted by Crippen LogP contribution is -2.48. The highest BCUT2D eigenvalue weighted by Crippen LogP contribution is 2.44. The molecule has 1 unspecified atom stereocenters. The fraction of sp³-hybridized carbons (Fsp3) is 0.333. The summed E-state index contributed by atoms with van der Waals surface area (Å²) in [4.78, 5) is 27.6.